The van der Waals surface area contributed by atoms with Crippen LogP contribution in [0.1, 0.15) is 32.6 Å². The maximum atomic E-state index is 10.9. The van der Waals surface area contributed by atoms with E-state index >= 15 is 0 Å². The first-order valence-corrected chi connectivity index (χ1v) is 4.48. The Kier molecular flexibility index (Phi) is 3.18. The third-order valence-electron chi connectivity index (χ3n) is 1.91. The number of rotatable bonds is 2. The fourth-order valence-electron chi connectivity index (χ4n) is 1.26. The van der Waals surface area contributed by atoms with Gasteiger partial charge in [-0.3, -0.25) is 4.79 Å². The maximum Gasteiger partial charge on any atom is 0.324 e. The molecule has 1 aliphatic rings. The van der Waals surface area contributed by atoms with E-state index in [0.717, 1.165) is 12.8 Å². The standard InChI is InChI=1S/C8H13ClO2/c1-6(9)8(10)11-7-4-2-3-5-7/h6-7H,2-5H2,1H3. The number of alkyl halides is 1. The Morgan fingerprint density at radius 2 is 2.09 bits per heavy atom. The van der Waals surface area contributed by atoms with Crippen molar-refractivity contribution in [1.82, 2.24) is 0 Å². The minimum Gasteiger partial charge on any atom is -0.461 e. The molecule has 1 aliphatic carbocycles. The molecule has 1 rings (SSSR count). The van der Waals surface area contributed by atoms with Gasteiger partial charge in [-0.25, -0.2) is 0 Å². The number of carbonyl (C=O) groups excluding carboxylic acids is 1. The van der Waals surface area contributed by atoms with Crippen LogP contribution < -0.4 is 0 Å². The largest absolute Gasteiger partial charge is 0.461 e. The molecule has 0 aromatic rings. The molecule has 2 nitrogen and oxygen atoms in total. The summed E-state index contributed by atoms with van der Waals surface area (Å²) in [5, 5.41) is -0.504. The lowest BCUT2D eigenvalue weighted by atomic mass is 10.3. The lowest BCUT2D eigenvalue weighted by Crippen LogP contribution is -2.20. The summed E-state index contributed by atoms with van der Waals surface area (Å²) in [6, 6.07) is 0. The molecule has 0 bridgehead atoms. The molecule has 0 N–H and O–H groups in total. The molecule has 1 atom stereocenters. The van der Waals surface area contributed by atoms with Gasteiger partial charge in [0.1, 0.15) is 11.5 Å². The normalized spacial score (nSPS) is 21.6. The summed E-state index contributed by atoms with van der Waals surface area (Å²) < 4.78 is 5.10. The van der Waals surface area contributed by atoms with Crippen LogP contribution in [0, 0.1) is 0 Å². The van der Waals surface area contributed by atoms with E-state index < -0.39 is 5.38 Å². The Hall–Kier alpha value is -0.240. The van der Waals surface area contributed by atoms with E-state index in [0.29, 0.717) is 0 Å². The Bertz CT molecular complexity index is 139. The molecule has 1 fully saturated rings. The van der Waals surface area contributed by atoms with Crippen molar-refractivity contribution in [2.24, 2.45) is 0 Å². The number of hydrogen-bond acceptors (Lipinski definition) is 2. The van der Waals surface area contributed by atoms with Crippen LogP contribution >= 0.6 is 11.6 Å². The smallest absolute Gasteiger partial charge is 0.324 e. The van der Waals surface area contributed by atoms with Crippen molar-refractivity contribution >= 4 is 17.6 Å². The van der Waals surface area contributed by atoms with Gasteiger partial charge in [0.25, 0.3) is 0 Å². The molecule has 1 unspecified atom stereocenters. The van der Waals surface area contributed by atoms with Gasteiger partial charge in [-0.05, 0) is 32.6 Å². The summed E-state index contributed by atoms with van der Waals surface area (Å²) in [5.41, 5.74) is 0. The van der Waals surface area contributed by atoms with Gasteiger partial charge < -0.3 is 4.74 Å². The second kappa shape index (κ2) is 3.96. The Labute approximate surface area is 71.9 Å². The lowest BCUT2D eigenvalue weighted by Gasteiger charge is -2.11. The first-order valence-electron chi connectivity index (χ1n) is 4.04. The van der Waals surface area contributed by atoms with Gasteiger partial charge in [0.2, 0.25) is 0 Å². The summed E-state index contributed by atoms with van der Waals surface area (Å²) in [4.78, 5) is 10.9. The quantitative estimate of drug-likeness (QED) is 0.476. The molecule has 3 heteroatoms. The van der Waals surface area contributed by atoms with Crippen LogP contribution in [0.2, 0.25) is 0 Å². The van der Waals surface area contributed by atoms with Crippen LogP contribution in [-0.2, 0) is 9.53 Å². The van der Waals surface area contributed by atoms with Crippen LogP contribution in [0.15, 0.2) is 0 Å². The van der Waals surface area contributed by atoms with E-state index in [1.54, 1.807) is 6.92 Å². The van der Waals surface area contributed by atoms with Gasteiger partial charge in [-0.1, -0.05) is 0 Å². The van der Waals surface area contributed by atoms with E-state index in [4.69, 9.17) is 16.3 Å². The highest BCUT2D eigenvalue weighted by Gasteiger charge is 2.21. The van der Waals surface area contributed by atoms with Crippen molar-refractivity contribution < 1.29 is 9.53 Å². The molecule has 0 aromatic heterocycles. The molecular weight excluding hydrogens is 164 g/mol. The van der Waals surface area contributed by atoms with Gasteiger partial charge in [0, 0.05) is 0 Å². The van der Waals surface area contributed by atoms with Gasteiger partial charge in [0.15, 0.2) is 0 Å². The number of carbonyl (C=O) groups is 1. The molecule has 0 saturated heterocycles. The first kappa shape index (κ1) is 8.85. The third-order valence-corrected chi connectivity index (χ3v) is 2.09. The summed E-state index contributed by atoms with van der Waals surface area (Å²) in [7, 11) is 0. The fraction of sp³-hybridized carbons (Fsp3) is 0.875. The van der Waals surface area contributed by atoms with Crippen LogP contribution in [0.3, 0.4) is 0 Å². The number of ether oxygens (including phenoxy) is 1. The van der Waals surface area contributed by atoms with Crippen LogP contribution in [-0.4, -0.2) is 17.5 Å². The average molecular weight is 177 g/mol. The molecule has 0 spiro atoms. The molecule has 0 aromatic carbocycles. The highest BCUT2D eigenvalue weighted by molar-refractivity contribution is 6.29. The summed E-state index contributed by atoms with van der Waals surface area (Å²) >= 11 is 5.53. The van der Waals surface area contributed by atoms with Crippen molar-refractivity contribution in [2.75, 3.05) is 0 Å². The molecule has 0 radical (unpaired) electrons. The topological polar surface area (TPSA) is 26.3 Å². The fourth-order valence-corrected chi connectivity index (χ4v) is 1.32. The van der Waals surface area contributed by atoms with Gasteiger partial charge >= 0.3 is 5.97 Å². The average Bonchev–Trinajstić information content (AvgIpc) is 2.39. The Balaban J connectivity index is 2.24. The third kappa shape index (κ3) is 2.70. The van der Waals surface area contributed by atoms with E-state index in [1.165, 1.54) is 12.8 Å². The first-order chi connectivity index (χ1) is 5.20. The lowest BCUT2D eigenvalue weighted by molar-refractivity contribution is -0.147. The molecular formula is C8H13ClO2. The monoisotopic (exact) mass is 176 g/mol. The zero-order valence-corrected chi connectivity index (χ0v) is 7.43. The summed E-state index contributed by atoms with van der Waals surface area (Å²) in [5.74, 6) is -0.279. The second-order valence-electron chi connectivity index (χ2n) is 2.96. The van der Waals surface area contributed by atoms with Crippen molar-refractivity contribution in [1.29, 1.82) is 0 Å². The highest BCUT2D eigenvalue weighted by Crippen LogP contribution is 2.21. The Morgan fingerprint density at radius 3 is 2.55 bits per heavy atom. The van der Waals surface area contributed by atoms with Crippen LogP contribution in [0.4, 0.5) is 0 Å². The minimum absolute atomic E-state index is 0.142. The van der Waals surface area contributed by atoms with E-state index in [9.17, 15) is 4.79 Å². The summed E-state index contributed by atoms with van der Waals surface area (Å²) in [6.07, 6.45) is 4.51. The van der Waals surface area contributed by atoms with Crippen molar-refractivity contribution in [2.45, 2.75) is 44.1 Å². The number of halogens is 1. The van der Waals surface area contributed by atoms with E-state index in [2.05, 4.69) is 0 Å². The van der Waals surface area contributed by atoms with Gasteiger partial charge in [-0.15, -0.1) is 11.6 Å². The zero-order chi connectivity index (χ0) is 8.27. The van der Waals surface area contributed by atoms with Crippen molar-refractivity contribution in [3.8, 4) is 0 Å². The second-order valence-corrected chi connectivity index (χ2v) is 3.61. The van der Waals surface area contributed by atoms with E-state index in [-0.39, 0.29) is 12.1 Å². The van der Waals surface area contributed by atoms with E-state index in [1.807, 2.05) is 0 Å². The molecule has 64 valence electrons. The molecule has 0 aliphatic heterocycles. The SMILES string of the molecule is CC(Cl)C(=O)OC1CCCC1. The molecule has 1 saturated carbocycles. The van der Waals surface area contributed by atoms with Gasteiger partial charge in [0.05, 0.1) is 0 Å². The van der Waals surface area contributed by atoms with Crippen LogP contribution in [0.25, 0.3) is 0 Å². The minimum atomic E-state index is -0.504. The number of esters is 1. The maximum absolute atomic E-state index is 10.9. The zero-order valence-electron chi connectivity index (χ0n) is 6.68. The predicted octanol–water partition coefficient (Wildman–Crippen LogP) is 2.10. The summed E-state index contributed by atoms with van der Waals surface area (Å²) in [6.45, 7) is 1.64. The molecule has 11 heavy (non-hydrogen) atoms. The van der Waals surface area contributed by atoms with Crippen LogP contribution in [0.5, 0.6) is 0 Å². The van der Waals surface area contributed by atoms with Crippen molar-refractivity contribution in [3.05, 3.63) is 0 Å². The molecule has 0 heterocycles. The predicted molar refractivity (Wildman–Crippen MR) is 43.7 cm³/mol. The number of hydrogen-bond donors (Lipinski definition) is 0. The van der Waals surface area contributed by atoms with Crippen molar-refractivity contribution in [3.63, 3.8) is 0 Å². The Morgan fingerprint density at radius 1 is 1.55 bits per heavy atom. The highest BCUT2D eigenvalue weighted by atomic mass is 35.5. The van der Waals surface area contributed by atoms with Gasteiger partial charge in [-0.2, -0.15) is 0 Å². The molecule has 0 amide bonds.